The van der Waals surface area contributed by atoms with E-state index >= 15 is 0 Å². The van der Waals surface area contributed by atoms with Crippen molar-refractivity contribution in [3.63, 3.8) is 0 Å². The zero-order chi connectivity index (χ0) is 54.9. The molecule has 77 heavy (non-hydrogen) atoms. The van der Waals surface area contributed by atoms with E-state index < -0.39 is 33.7 Å². The van der Waals surface area contributed by atoms with E-state index in [9.17, 15) is 39.4 Å². The van der Waals surface area contributed by atoms with Gasteiger partial charge in [0.15, 0.2) is 0 Å². The highest BCUT2D eigenvalue weighted by molar-refractivity contribution is 7.99. The highest BCUT2D eigenvalue weighted by Crippen LogP contribution is 2.50. The SMILES string of the molecule is CC(C)c1ccccc1-c1c(/C=C/C(=O)N2CCNC(C(=O)N(C)c3cccnc3)C2)ccc(Sc2ccc(/C=C/C(=O)N3CCNC(C(=O)N(C)c4cccnc4)C3)c(-c3ccccc3C(C)C)c2[N+](=O)[O-])c1[N+](=O)[O-]. The number of benzene rings is 4. The number of hydrogen-bond donors (Lipinski definition) is 2. The molecule has 8 rings (SSSR count). The Morgan fingerprint density at radius 3 is 1.38 bits per heavy atom. The molecule has 0 saturated carbocycles. The van der Waals surface area contributed by atoms with Gasteiger partial charge in [-0.3, -0.25) is 49.4 Å². The topological polar surface area (TPSA) is 217 Å². The van der Waals surface area contributed by atoms with Crippen molar-refractivity contribution in [2.24, 2.45) is 0 Å². The Bertz CT molecular complexity index is 3050. The standard InChI is InChI=1S/C58H60N10O8S/c1-37(2)43-15-7-9-17-45(43)53-39(21-25-51(69)65-31-29-61-47(35-65)57(71)63(5)41-13-11-27-59-33-41)19-23-49(55(53)67(73)74)77-50-24-20-40(54(56(50)68(75)76)46-18-10-8-16-44(46)38(3)4)22-26-52(70)66-32-30-62-48(36-66)58(72)64(6)42-14-12-28-60-34-42/h7-28,33-34,37-38,47-48,61-62H,29-32,35-36H2,1-6H3/b25-21+,26-22+. The van der Waals surface area contributed by atoms with E-state index in [4.69, 9.17) is 0 Å². The van der Waals surface area contributed by atoms with Crippen molar-refractivity contribution < 1.29 is 29.0 Å². The first-order valence-electron chi connectivity index (χ1n) is 25.3. The van der Waals surface area contributed by atoms with Gasteiger partial charge in [-0.1, -0.05) is 100 Å². The summed E-state index contributed by atoms with van der Waals surface area (Å²) >= 11 is 0.887. The van der Waals surface area contributed by atoms with Crippen LogP contribution in [0, 0.1) is 20.2 Å². The summed E-state index contributed by atoms with van der Waals surface area (Å²) in [5.74, 6) is -1.42. The number of likely N-dealkylation sites (N-methyl/N-ethyl adjacent to an activating group) is 2. The lowest BCUT2D eigenvalue weighted by molar-refractivity contribution is -0.387. The summed E-state index contributed by atoms with van der Waals surface area (Å²) in [5.41, 5.74) is 4.52. The highest BCUT2D eigenvalue weighted by Gasteiger charge is 2.34. The van der Waals surface area contributed by atoms with Gasteiger partial charge in [0.25, 0.3) is 11.4 Å². The molecule has 0 bridgehead atoms. The molecule has 2 saturated heterocycles. The smallest absolute Gasteiger partial charge is 0.291 e. The van der Waals surface area contributed by atoms with Crippen molar-refractivity contribution in [1.82, 2.24) is 30.4 Å². The molecule has 6 aromatic rings. The summed E-state index contributed by atoms with van der Waals surface area (Å²) < 4.78 is 0. The number of nitrogens with one attached hydrogen (secondary N) is 2. The van der Waals surface area contributed by atoms with Crippen LogP contribution >= 0.6 is 11.8 Å². The normalized spacial score (nSPS) is 15.8. The minimum Gasteiger partial charge on any atom is -0.336 e. The molecule has 2 atom stereocenters. The molecule has 19 heteroatoms. The van der Waals surface area contributed by atoms with Gasteiger partial charge in [-0.05, 0) is 93.8 Å². The number of piperazine rings is 2. The third kappa shape index (κ3) is 12.3. The summed E-state index contributed by atoms with van der Waals surface area (Å²) in [4.78, 5) is 95.9. The van der Waals surface area contributed by atoms with Crippen LogP contribution in [0.5, 0.6) is 0 Å². The number of carbonyl (C=O) groups excluding carboxylic acids is 4. The van der Waals surface area contributed by atoms with E-state index in [2.05, 4.69) is 20.6 Å². The third-order valence-electron chi connectivity index (χ3n) is 13.7. The molecule has 4 heterocycles. The van der Waals surface area contributed by atoms with Gasteiger partial charge in [0.1, 0.15) is 12.1 Å². The average molecular weight is 1060 g/mol. The summed E-state index contributed by atoms with van der Waals surface area (Å²) in [6, 6.07) is 26.7. The van der Waals surface area contributed by atoms with Crippen molar-refractivity contribution in [2.75, 3.05) is 63.2 Å². The van der Waals surface area contributed by atoms with Gasteiger partial charge in [-0.2, -0.15) is 0 Å². The van der Waals surface area contributed by atoms with E-state index in [1.165, 1.54) is 22.0 Å². The molecule has 2 aliphatic rings. The second-order valence-corrected chi connectivity index (χ2v) is 20.4. The molecule has 18 nitrogen and oxygen atoms in total. The summed E-state index contributed by atoms with van der Waals surface area (Å²) in [6.07, 6.45) is 12.2. The first-order chi connectivity index (χ1) is 37.0. The highest BCUT2D eigenvalue weighted by atomic mass is 32.2. The number of aromatic nitrogens is 2. The number of anilines is 2. The zero-order valence-corrected chi connectivity index (χ0v) is 44.5. The Hall–Kier alpha value is -8.39. The van der Waals surface area contributed by atoms with E-state index in [-0.39, 0.29) is 69.0 Å². The first-order valence-corrected chi connectivity index (χ1v) is 26.1. The Morgan fingerprint density at radius 1 is 0.610 bits per heavy atom. The molecular formula is C58H60N10O8S. The van der Waals surface area contributed by atoms with E-state index in [0.717, 1.165) is 22.9 Å². The minimum absolute atomic E-state index is 0.0764. The Kier molecular flexibility index (Phi) is 17.5. The largest absolute Gasteiger partial charge is 0.336 e. The van der Waals surface area contributed by atoms with Crippen molar-refractivity contribution >= 4 is 70.3 Å². The van der Waals surface area contributed by atoms with Gasteiger partial charge in [-0.25, -0.2) is 0 Å². The minimum atomic E-state index is -0.691. The number of carbonyl (C=O) groups is 4. The van der Waals surface area contributed by atoms with Gasteiger partial charge in [-0.15, -0.1) is 0 Å². The molecule has 0 radical (unpaired) electrons. The van der Waals surface area contributed by atoms with Crippen molar-refractivity contribution in [3.05, 3.63) is 176 Å². The van der Waals surface area contributed by atoms with Crippen LogP contribution in [-0.2, 0) is 19.2 Å². The average Bonchev–Trinajstić information content (AvgIpc) is 3.48. The lowest BCUT2D eigenvalue weighted by Gasteiger charge is -2.34. The Morgan fingerprint density at radius 2 is 1.01 bits per heavy atom. The number of amides is 4. The third-order valence-corrected chi connectivity index (χ3v) is 14.8. The van der Waals surface area contributed by atoms with Gasteiger partial charge in [0, 0.05) is 77.9 Å². The predicted octanol–water partition coefficient (Wildman–Crippen LogP) is 8.98. The molecule has 0 spiro atoms. The number of hydrogen-bond acceptors (Lipinski definition) is 13. The lowest BCUT2D eigenvalue weighted by atomic mass is 9.89. The second-order valence-electron chi connectivity index (χ2n) is 19.3. The first kappa shape index (κ1) is 54.9. The number of nitro benzene ring substituents is 2. The number of pyridine rings is 2. The van der Waals surface area contributed by atoms with Crippen LogP contribution in [0.4, 0.5) is 22.7 Å². The molecule has 396 valence electrons. The van der Waals surface area contributed by atoms with Crippen LogP contribution in [0.15, 0.2) is 144 Å². The molecule has 4 aromatic carbocycles. The molecule has 0 aliphatic carbocycles. The molecule has 2 N–H and O–H groups in total. The van der Waals surface area contributed by atoms with Crippen LogP contribution < -0.4 is 20.4 Å². The number of nitro groups is 2. The van der Waals surface area contributed by atoms with Crippen LogP contribution in [0.2, 0.25) is 0 Å². The quantitative estimate of drug-likeness (QED) is 0.0526. The molecule has 2 unspecified atom stereocenters. The fraction of sp³-hybridized carbons (Fsp3) is 0.276. The fourth-order valence-electron chi connectivity index (χ4n) is 9.71. The maximum absolute atomic E-state index is 14.0. The van der Waals surface area contributed by atoms with Gasteiger partial charge in [0.05, 0.1) is 54.5 Å². The zero-order valence-electron chi connectivity index (χ0n) is 43.7. The van der Waals surface area contributed by atoms with E-state index in [1.807, 2.05) is 52.0 Å². The summed E-state index contributed by atoms with van der Waals surface area (Å²) in [6.45, 7) is 9.44. The summed E-state index contributed by atoms with van der Waals surface area (Å²) in [7, 11) is 3.30. The van der Waals surface area contributed by atoms with E-state index in [1.54, 1.807) is 134 Å². The monoisotopic (exact) mass is 1060 g/mol. The van der Waals surface area contributed by atoms with Crippen molar-refractivity contribution in [1.29, 1.82) is 0 Å². The Labute approximate surface area is 451 Å². The molecular weight excluding hydrogens is 997 g/mol. The molecule has 2 aromatic heterocycles. The lowest BCUT2D eigenvalue weighted by Crippen LogP contribution is -2.58. The second kappa shape index (κ2) is 24.5. The fourth-order valence-corrected chi connectivity index (χ4v) is 10.8. The van der Waals surface area contributed by atoms with Crippen LogP contribution in [0.25, 0.3) is 34.4 Å². The summed E-state index contributed by atoms with van der Waals surface area (Å²) in [5, 5.41) is 33.7. The van der Waals surface area contributed by atoms with Gasteiger partial charge < -0.3 is 30.2 Å². The van der Waals surface area contributed by atoms with Crippen molar-refractivity contribution in [2.45, 2.75) is 61.4 Å². The Balaban J connectivity index is 1.16. The maximum Gasteiger partial charge on any atom is 0.291 e. The predicted molar refractivity (Wildman–Crippen MR) is 299 cm³/mol. The molecule has 4 amide bonds. The maximum atomic E-state index is 14.0. The van der Waals surface area contributed by atoms with E-state index in [0.29, 0.717) is 59.8 Å². The molecule has 2 fully saturated rings. The molecule has 2 aliphatic heterocycles. The number of nitrogens with zero attached hydrogens (tertiary/aromatic N) is 8. The van der Waals surface area contributed by atoms with Crippen LogP contribution in [0.1, 0.15) is 61.8 Å². The number of rotatable bonds is 16. The van der Waals surface area contributed by atoms with Gasteiger partial charge >= 0.3 is 0 Å². The van der Waals surface area contributed by atoms with Crippen LogP contribution in [0.3, 0.4) is 0 Å². The van der Waals surface area contributed by atoms with Crippen molar-refractivity contribution in [3.8, 4) is 22.3 Å². The van der Waals surface area contributed by atoms with Gasteiger partial charge in [0.2, 0.25) is 23.6 Å². The van der Waals surface area contributed by atoms with Crippen LogP contribution in [-0.4, -0.2) is 119 Å².